The molecule has 6 heteroatoms. The van der Waals surface area contributed by atoms with Gasteiger partial charge >= 0.3 is 5.97 Å². The van der Waals surface area contributed by atoms with Crippen molar-refractivity contribution in [3.05, 3.63) is 46.8 Å². The highest BCUT2D eigenvalue weighted by Gasteiger charge is 2.18. The number of para-hydroxylation sites is 1. The van der Waals surface area contributed by atoms with Crippen LogP contribution in [0.25, 0.3) is 10.9 Å². The number of amides is 1. The van der Waals surface area contributed by atoms with Gasteiger partial charge in [-0.25, -0.2) is 4.79 Å². The number of aliphatic carboxylic acids is 1. The lowest BCUT2D eigenvalue weighted by Gasteiger charge is -2.15. The Morgan fingerprint density at radius 2 is 2.00 bits per heavy atom. The Morgan fingerprint density at radius 1 is 1.27 bits per heavy atom. The van der Waals surface area contributed by atoms with Gasteiger partial charge in [-0.3, -0.25) is 9.59 Å². The number of carboxylic acid groups (broad SMARTS) is 1. The summed E-state index contributed by atoms with van der Waals surface area (Å²) in [5, 5.41) is 12.1. The summed E-state index contributed by atoms with van der Waals surface area (Å²) >= 11 is 0. The molecule has 0 saturated carbocycles. The van der Waals surface area contributed by atoms with Crippen LogP contribution in [0.2, 0.25) is 0 Å². The Morgan fingerprint density at radius 3 is 2.68 bits per heavy atom. The lowest BCUT2D eigenvalue weighted by molar-refractivity contribution is -0.142. The summed E-state index contributed by atoms with van der Waals surface area (Å²) in [6, 6.07) is 7.51. The molecule has 2 N–H and O–H groups in total. The summed E-state index contributed by atoms with van der Waals surface area (Å²) in [6.45, 7) is 1.83. The van der Waals surface area contributed by atoms with Crippen LogP contribution in [0, 0.1) is 0 Å². The van der Waals surface area contributed by atoms with Crippen LogP contribution in [0.15, 0.2) is 41.3 Å². The van der Waals surface area contributed by atoms with Crippen molar-refractivity contribution in [2.45, 2.75) is 32.4 Å². The van der Waals surface area contributed by atoms with Gasteiger partial charge in [0, 0.05) is 17.6 Å². The van der Waals surface area contributed by atoms with Crippen molar-refractivity contribution in [1.29, 1.82) is 0 Å². The minimum atomic E-state index is -1.04. The smallest absolute Gasteiger partial charge is 0.326 e. The van der Waals surface area contributed by atoms with Crippen LogP contribution in [0.3, 0.4) is 0 Å². The molecule has 22 heavy (non-hydrogen) atoms. The maximum Gasteiger partial charge on any atom is 0.326 e. The minimum Gasteiger partial charge on any atom is -0.480 e. The van der Waals surface area contributed by atoms with E-state index < -0.39 is 17.9 Å². The van der Waals surface area contributed by atoms with Crippen LogP contribution < -0.4 is 10.7 Å². The first kappa shape index (κ1) is 15.8. The quantitative estimate of drug-likeness (QED) is 0.843. The normalized spacial score (nSPS) is 12.0. The zero-order valence-electron chi connectivity index (χ0n) is 12.3. The van der Waals surface area contributed by atoms with E-state index in [1.54, 1.807) is 35.0 Å². The number of carboxylic acids is 1. The molecule has 0 spiro atoms. The number of carbonyl (C=O) groups is 2. The average Bonchev–Trinajstić information content (AvgIpc) is 2.50. The van der Waals surface area contributed by atoms with E-state index in [-0.39, 0.29) is 12.0 Å². The summed E-state index contributed by atoms with van der Waals surface area (Å²) in [5.41, 5.74) is 0.536. The predicted octanol–water partition coefficient (Wildman–Crippen LogP) is 1.37. The lowest BCUT2D eigenvalue weighted by atomic mass is 10.1. The maximum absolute atomic E-state index is 12.1. The Kier molecular flexibility index (Phi) is 4.93. The zero-order chi connectivity index (χ0) is 16.1. The molecule has 1 heterocycles. The Bertz CT molecular complexity index is 751. The number of carbonyl (C=O) groups excluding carboxylic acids is 1. The van der Waals surface area contributed by atoms with Crippen molar-refractivity contribution >= 4 is 22.8 Å². The molecule has 0 aliphatic rings. The van der Waals surface area contributed by atoms with Crippen molar-refractivity contribution < 1.29 is 14.7 Å². The van der Waals surface area contributed by atoms with Gasteiger partial charge in [0.05, 0.1) is 5.52 Å². The molecule has 116 valence electrons. The molecule has 2 rings (SSSR count). The second kappa shape index (κ2) is 6.89. The number of nitrogens with one attached hydrogen (secondary N) is 1. The molecule has 0 bridgehead atoms. The molecule has 1 aromatic carbocycles. The van der Waals surface area contributed by atoms with E-state index in [2.05, 4.69) is 5.32 Å². The van der Waals surface area contributed by atoms with E-state index >= 15 is 0 Å². The fraction of sp³-hybridized carbons (Fsp3) is 0.312. The Labute approximate surface area is 127 Å². The summed E-state index contributed by atoms with van der Waals surface area (Å²) in [4.78, 5) is 34.9. The van der Waals surface area contributed by atoms with Gasteiger partial charge < -0.3 is 15.0 Å². The van der Waals surface area contributed by atoms with Crippen LogP contribution in [-0.4, -0.2) is 27.6 Å². The number of hydrogen-bond acceptors (Lipinski definition) is 3. The van der Waals surface area contributed by atoms with Crippen LogP contribution in [0.1, 0.15) is 19.8 Å². The van der Waals surface area contributed by atoms with Gasteiger partial charge in [-0.05, 0) is 18.6 Å². The molecule has 1 aromatic heterocycles. The fourth-order valence-corrected chi connectivity index (χ4v) is 2.34. The molecule has 6 nitrogen and oxygen atoms in total. The molecule has 0 aliphatic heterocycles. The third-order valence-corrected chi connectivity index (χ3v) is 3.41. The topological polar surface area (TPSA) is 88.4 Å². The Hall–Kier alpha value is -2.63. The highest BCUT2D eigenvalue weighted by Crippen LogP contribution is 2.09. The highest BCUT2D eigenvalue weighted by atomic mass is 16.4. The SMILES string of the molecule is CCCC(NC(=O)Cn1ccc(=O)c2ccccc21)C(=O)O. The molecule has 0 saturated heterocycles. The molecule has 1 amide bonds. The van der Waals surface area contributed by atoms with Crippen molar-refractivity contribution in [3.8, 4) is 0 Å². The van der Waals surface area contributed by atoms with Crippen LogP contribution in [0.4, 0.5) is 0 Å². The van der Waals surface area contributed by atoms with Crippen molar-refractivity contribution in [1.82, 2.24) is 9.88 Å². The number of fused-ring (bicyclic) bond motifs is 1. The first-order valence-electron chi connectivity index (χ1n) is 7.13. The third kappa shape index (κ3) is 3.52. The van der Waals surface area contributed by atoms with Crippen molar-refractivity contribution in [2.75, 3.05) is 0 Å². The van der Waals surface area contributed by atoms with Crippen molar-refractivity contribution in [2.24, 2.45) is 0 Å². The zero-order valence-corrected chi connectivity index (χ0v) is 12.3. The van der Waals surface area contributed by atoms with E-state index in [0.717, 1.165) is 0 Å². The second-order valence-corrected chi connectivity index (χ2v) is 5.07. The number of benzene rings is 1. The molecular weight excluding hydrogens is 284 g/mol. The molecule has 0 aliphatic carbocycles. The summed E-state index contributed by atoms with van der Waals surface area (Å²) in [6.07, 6.45) is 2.59. The first-order chi connectivity index (χ1) is 10.5. The van der Waals surface area contributed by atoms with E-state index in [1.807, 2.05) is 6.92 Å². The second-order valence-electron chi connectivity index (χ2n) is 5.07. The van der Waals surface area contributed by atoms with E-state index in [9.17, 15) is 14.4 Å². The highest BCUT2D eigenvalue weighted by molar-refractivity contribution is 5.85. The summed E-state index contributed by atoms with van der Waals surface area (Å²) in [5.74, 6) is -1.44. The van der Waals surface area contributed by atoms with Gasteiger partial charge in [0.25, 0.3) is 0 Å². The monoisotopic (exact) mass is 302 g/mol. The van der Waals surface area contributed by atoms with Gasteiger partial charge in [-0.2, -0.15) is 0 Å². The van der Waals surface area contributed by atoms with E-state index in [1.165, 1.54) is 6.07 Å². The molecule has 1 unspecified atom stereocenters. The summed E-state index contributed by atoms with van der Waals surface area (Å²) < 4.78 is 1.64. The van der Waals surface area contributed by atoms with Gasteiger partial charge in [0.2, 0.25) is 5.91 Å². The Balaban J connectivity index is 2.20. The number of pyridine rings is 1. The van der Waals surface area contributed by atoms with E-state index in [0.29, 0.717) is 23.7 Å². The van der Waals surface area contributed by atoms with Crippen LogP contribution >= 0.6 is 0 Å². The first-order valence-corrected chi connectivity index (χ1v) is 7.13. The number of nitrogens with zero attached hydrogens (tertiary/aromatic N) is 1. The largest absolute Gasteiger partial charge is 0.480 e. The average molecular weight is 302 g/mol. The third-order valence-electron chi connectivity index (χ3n) is 3.41. The number of aromatic nitrogens is 1. The van der Waals surface area contributed by atoms with Gasteiger partial charge in [0.15, 0.2) is 5.43 Å². The standard InChI is InChI=1S/C16H18N2O4/c1-2-5-12(16(21)22)17-15(20)10-18-9-8-14(19)11-6-3-4-7-13(11)18/h3-4,6-9,12H,2,5,10H2,1H3,(H,17,20)(H,21,22). The van der Waals surface area contributed by atoms with Crippen LogP contribution in [0.5, 0.6) is 0 Å². The number of rotatable bonds is 6. The van der Waals surface area contributed by atoms with Gasteiger partial charge in [0.1, 0.15) is 12.6 Å². The maximum atomic E-state index is 12.1. The lowest BCUT2D eigenvalue weighted by Crippen LogP contribution is -2.42. The van der Waals surface area contributed by atoms with Crippen molar-refractivity contribution in [3.63, 3.8) is 0 Å². The molecule has 2 aromatic rings. The number of hydrogen-bond donors (Lipinski definition) is 2. The predicted molar refractivity (Wildman–Crippen MR) is 82.7 cm³/mol. The summed E-state index contributed by atoms with van der Waals surface area (Å²) in [7, 11) is 0. The molecule has 0 fully saturated rings. The molecule has 0 radical (unpaired) electrons. The fourth-order valence-electron chi connectivity index (χ4n) is 2.34. The minimum absolute atomic E-state index is 0.0334. The van der Waals surface area contributed by atoms with Gasteiger partial charge in [-0.15, -0.1) is 0 Å². The van der Waals surface area contributed by atoms with Gasteiger partial charge in [-0.1, -0.05) is 25.5 Å². The van der Waals surface area contributed by atoms with Crippen LogP contribution in [-0.2, 0) is 16.1 Å². The van der Waals surface area contributed by atoms with E-state index in [4.69, 9.17) is 5.11 Å². The molecule has 1 atom stereocenters. The molecular formula is C16H18N2O4.